The summed E-state index contributed by atoms with van der Waals surface area (Å²) >= 11 is 0. The molecule has 11 heavy (non-hydrogen) atoms. The quantitative estimate of drug-likeness (QED) is 0.586. The van der Waals surface area contributed by atoms with Gasteiger partial charge in [0.2, 0.25) is 0 Å². The second kappa shape index (κ2) is 5.91. The van der Waals surface area contributed by atoms with Crippen molar-refractivity contribution in [3.63, 3.8) is 0 Å². The Hall–Kier alpha value is -0.840. The van der Waals surface area contributed by atoms with Gasteiger partial charge in [0.1, 0.15) is 0 Å². The van der Waals surface area contributed by atoms with E-state index in [-0.39, 0.29) is 19.1 Å². The summed E-state index contributed by atoms with van der Waals surface area (Å²) in [6.45, 7) is 1.70. The zero-order chi connectivity index (χ0) is 8.69. The molecule has 0 aliphatic carbocycles. The average molecular weight is 160 g/mol. The second-order valence-electron chi connectivity index (χ2n) is 2.47. The Kier molecular flexibility index (Phi) is 5.46. The molecule has 0 amide bonds. The predicted octanol–water partition coefficient (Wildman–Crippen LogP) is 0.906. The van der Waals surface area contributed by atoms with Crippen molar-refractivity contribution in [3.8, 4) is 0 Å². The molecule has 0 saturated carbocycles. The summed E-state index contributed by atoms with van der Waals surface area (Å²) < 4.78 is 0. The van der Waals surface area contributed by atoms with Crippen molar-refractivity contribution in [2.24, 2.45) is 16.3 Å². The molecule has 64 valence electrons. The van der Waals surface area contributed by atoms with Crippen LogP contribution in [0.4, 0.5) is 0 Å². The number of hydrogen-bond acceptors (Lipinski definition) is 5. The number of hydrogen-bond donors (Lipinski definition) is 1. The van der Waals surface area contributed by atoms with E-state index in [9.17, 15) is 9.81 Å². The van der Waals surface area contributed by atoms with E-state index in [1.165, 1.54) is 0 Å². The molecule has 0 aromatic rings. The van der Waals surface area contributed by atoms with Crippen LogP contribution in [0.3, 0.4) is 0 Å². The highest BCUT2D eigenvalue weighted by Crippen LogP contribution is 2.10. The Balaban J connectivity index is 3.73. The van der Waals surface area contributed by atoms with Crippen LogP contribution < -0.4 is 0 Å². The Labute approximate surface area is 64.7 Å². The number of rotatable bonds is 6. The lowest BCUT2D eigenvalue weighted by Gasteiger charge is -2.12. The highest BCUT2D eigenvalue weighted by Gasteiger charge is 2.16. The van der Waals surface area contributed by atoms with E-state index in [4.69, 9.17) is 5.11 Å². The topological polar surface area (TPSA) is 79.1 Å². The van der Waals surface area contributed by atoms with Crippen LogP contribution in [0.15, 0.2) is 10.4 Å². The van der Waals surface area contributed by atoms with Crippen molar-refractivity contribution in [2.75, 3.05) is 13.2 Å². The van der Waals surface area contributed by atoms with E-state index in [0.717, 1.165) is 0 Å². The zero-order valence-electron chi connectivity index (χ0n) is 6.43. The molecular weight excluding hydrogens is 148 g/mol. The van der Waals surface area contributed by atoms with Gasteiger partial charge in [-0.2, -0.15) is 9.81 Å². The van der Waals surface area contributed by atoms with Gasteiger partial charge in [0.15, 0.2) is 0 Å². The molecule has 0 spiro atoms. The summed E-state index contributed by atoms with van der Waals surface area (Å²) in [6, 6.07) is -0.488. The molecule has 0 heterocycles. The van der Waals surface area contributed by atoms with Crippen LogP contribution in [0.1, 0.15) is 13.3 Å². The van der Waals surface area contributed by atoms with Gasteiger partial charge in [0.05, 0.1) is 12.6 Å². The van der Waals surface area contributed by atoms with Crippen LogP contribution >= 0.6 is 0 Å². The van der Waals surface area contributed by atoms with Gasteiger partial charge < -0.3 is 5.11 Å². The minimum absolute atomic E-state index is 0.0841. The molecule has 2 atom stereocenters. The molecule has 0 fully saturated rings. The van der Waals surface area contributed by atoms with Crippen LogP contribution in [0.5, 0.6) is 0 Å². The molecule has 0 aromatic carbocycles. The lowest BCUT2D eigenvalue weighted by molar-refractivity contribution is 0.213. The Morgan fingerprint density at radius 1 is 1.45 bits per heavy atom. The molecule has 0 saturated heterocycles. The molecule has 5 nitrogen and oxygen atoms in total. The van der Waals surface area contributed by atoms with Crippen LogP contribution in [0.2, 0.25) is 0 Å². The Morgan fingerprint density at radius 3 is 2.45 bits per heavy atom. The maximum absolute atomic E-state index is 10.1. The Morgan fingerprint density at radius 2 is 2.09 bits per heavy atom. The maximum atomic E-state index is 10.1. The summed E-state index contributed by atoms with van der Waals surface area (Å²) in [7, 11) is 0. The first kappa shape index (κ1) is 10.2. The van der Waals surface area contributed by atoms with Crippen molar-refractivity contribution in [1.29, 1.82) is 0 Å². The monoisotopic (exact) mass is 160 g/mol. The lowest BCUT2D eigenvalue weighted by Crippen LogP contribution is -2.19. The van der Waals surface area contributed by atoms with Crippen molar-refractivity contribution >= 4 is 0 Å². The number of nitrogens with zero attached hydrogens (tertiary/aromatic N) is 2. The van der Waals surface area contributed by atoms with E-state index in [1.807, 2.05) is 0 Å². The van der Waals surface area contributed by atoms with E-state index in [0.29, 0.717) is 6.42 Å². The van der Waals surface area contributed by atoms with Gasteiger partial charge >= 0.3 is 0 Å². The average Bonchev–Trinajstić information content (AvgIpc) is 2.05. The molecule has 5 heteroatoms. The smallest absolute Gasteiger partial charge is 0.0985 e. The normalized spacial score (nSPS) is 15.5. The summed E-state index contributed by atoms with van der Waals surface area (Å²) in [4.78, 5) is 19.8. The molecule has 0 rings (SSSR count). The van der Waals surface area contributed by atoms with Crippen molar-refractivity contribution in [2.45, 2.75) is 19.4 Å². The molecule has 1 N–H and O–H groups in total. The van der Waals surface area contributed by atoms with E-state index in [1.54, 1.807) is 6.92 Å². The van der Waals surface area contributed by atoms with Gasteiger partial charge in [-0.25, -0.2) is 0 Å². The minimum Gasteiger partial charge on any atom is -0.396 e. The minimum atomic E-state index is -0.488. The third-order valence-corrected chi connectivity index (χ3v) is 1.60. The number of aliphatic hydroxyl groups excluding tert-OH is 1. The Bertz CT molecular complexity index is 129. The molecule has 0 bridgehead atoms. The summed E-state index contributed by atoms with van der Waals surface area (Å²) in [5, 5.41) is 14.0. The second-order valence-corrected chi connectivity index (χ2v) is 2.47. The molecule has 0 radical (unpaired) electrons. The first-order chi connectivity index (χ1) is 5.26. The maximum Gasteiger partial charge on any atom is 0.0985 e. The van der Waals surface area contributed by atoms with E-state index >= 15 is 0 Å². The van der Waals surface area contributed by atoms with Crippen molar-refractivity contribution in [1.82, 2.24) is 0 Å². The van der Waals surface area contributed by atoms with Gasteiger partial charge in [-0.3, -0.25) is 0 Å². The zero-order valence-corrected chi connectivity index (χ0v) is 6.43. The van der Waals surface area contributed by atoms with Gasteiger partial charge in [-0.15, -0.1) is 0 Å². The first-order valence-electron chi connectivity index (χ1n) is 3.48. The SMILES string of the molecule is C[C@@H](CO)[C@H](CCN=O)N=O. The first-order valence-corrected chi connectivity index (χ1v) is 3.48. The molecule has 0 aliphatic rings. The molecule has 0 unspecified atom stereocenters. The number of aliphatic hydroxyl groups is 1. The fourth-order valence-corrected chi connectivity index (χ4v) is 0.748. The summed E-state index contributed by atoms with van der Waals surface area (Å²) in [5.74, 6) is -0.186. The largest absolute Gasteiger partial charge is 0.396 e. The van der Waals surface area contributed by atoms with Crippen LogP contribution in [-0.2, 0) is 0 Å². The van der Waals surface area contributed by atoms with Crippen LogP contribution in [-0.4, -0.2) is 24.3 Å². The van der Waals surface area contributed by atoms with Crippen LogP contribution in [0, 0.1) is 15.7 Å². The highest BCUT2D eigenvalue weighted by atomic mass is 16.3. The summed E-state index contributed by atoms with van der Waals surface area (Å²) in [5.41, 5.74) is 0. The van der Waals surface area contributed by atoms with Gasteiger partial charge in [-0.05, 0) is 6.42 Å². The van der Waals surface area contributed by atoms with Crippen molar-refractivity contribution in [3.05, 3.63) is 9.81 Å². The number of nitroso groups, excluding NO2 is 2. The van der Waals surface area contributed by atoms with Gasteiger partial charge in [0, 0.05) is 12.5 Å². The van der Waals surface area contributed by atoms with E-state index in [2.05, 4.69) is 10.4 Å². The van der Waals surface area contributed by atoms with Crippen molar-refractivity contribution < 1.29 is 5.11 Å². The lowest BCUT2D eigenvalue weighted by atomic mass is 10.0. The fraction of sp³-hybridized carbons (Fsp3) is 1.00. The standard InChI is InChI=1S/C6H12N2O3/c1-5(4-9)6(8-11)2-3-7-10/h5-6,9H,2-4H2,1H3/t5-,6-/m0/s1. The fourth-order valence-electron chi connectivity index (χ4n) is 0.748. The van der Waals surface area contributed by atoms with E-state index < -0.39 is 6.04 Å². The molecule has 0 aromatic heterocycles. The third kappa shape index (κ3) is 3.77. The molecule has 0 aliphatic heterocycles. The van der Waals surface area contributed by atoms with Gasteiger partial charge in [-0.1, -0.05) is 17.3 Å². The highest BCUT2D eigenvalue weighted by molar-refractivity contribution is 4.72. The van der Waals surface area contributed by atoms with Gasteiger partial charge in [0.25, 0.3) is 0 Å². The summed E-state index contributed by atoms with van der Waals surface area (Å²) in [6.07, 6.45) is 0.328. The third-order valence-electron chi connectivity index (χ3n) is 1.60. The van der Waals surface area contributed by atoms with Crippen LogP contribution in [0.25, 0.3) is 0 Å². The molecular formula is C6H12N2O3. The predicted molar refractivity (Wildman–Crippen MR) is 41.1 cm³/mol.